The van der Waals surface area contributed by atoms with E-state index >= 15 is 0 Å². The molecule has 232 valence electrons. The van der Waals surface area contributed by atoms with E-state index in [1.807, 2.05) is 0 Å². The topological polar surface area (TPSA) is 73.9 Å². The van der Waals surface area contributed by atoms with Crippen LogP contribution in [0.15, 0.2) is 66.7 Å². The van der Waals surface area contributed by atoms with Gasteiger partial charge in [-0.05, 0) is 84.5 Å². The first-order valence-corrected chi connectivity index (χ1v) is 13.8. The maximum Gasteiger partial charge on any atom is 0.416 e. The van der Waals surface area contributed by atoms with Crippen LogP contribution >= 0.6 is 0 Å². The minimum Gasteiger partial charge on any atom is -0.489 e. The molecule has 1 amide bonds. The number of rotatable bonds is 8. The number of carbonyl (C=O) groups is 2. The third-order valence-electron chi connectivity index (χ3n) is 7.28. The summed E-state index contributed by atoms with van der Waals surface area (Å²) >= 11 is 0. The van der Waals surface area contributed by atoms with Crippen molar-refractivity contribution in [2.75, 3.05) is 6.61 Å². The van der Waals surface area contributed by atoms with Gasteiger partial charge in [0.2, 0.25) is 0 Å². The Morgan fingerprint density at radius 2 is 1.59 bits per heavy atom. The highest BCUT2D eigenvalue weighted by Crippen LogP contribution is 2.37. The summed E-state index contributed by atoms with van der Waals surface area (Å²) in [5.74, 6) is -1.33. The Bertz CT molecular complexity index is 1510. The zero-order chi connectivity index (χ0) is 31.5. The molecule has 2 unspecified atom stereocenters. The first-order chi connectivity index (χ1) is 20.9. The molecule has 1 aliphatic heterocycles. The van der Waals surface area contributed by atoms with Crippen LogP contribution in [-0.4, -0.2) is 24.6 Å². The van der Waals surface area contributed by atoms with Crippen LogP contribution in [0.3, 0.4) is 0 Å². The first-order valence-electron chi connectivity index (χ1n) is 13.8. The van der Waals surface area contributed by atoms with Crippen molar-refractivity contribution in [1.82, 2.24) is 5.48 Å². The number of benzene rings is 3. The van der Waals surface area contributed by atoms with Gasteiger partial charge < -0.3 is 9.47 Å². The summed E-state index contributed by atoms with van der Waals surface area (Å²) in [6.45, 7) is 0.745. The molecule has 0 bridgehead atoms. The number of allylic oxidation sites excluding steroid dienone is 1. The van der Waals surface area contributed by atoms with Crippen molar-refractivity contribution in [3.63, 3.8) is 0 Å². The van der Waals surface area contributed by atoms with E-state index in [9.17, 15) is 35.9 Å². The fourth-order valence-corrected chi connectivity index (χ4v) is 4.95. The Morgan fingerprint density at radius 1 is 0.886 bits per heavy atom. The molecule has 1 saturated heterocycles. The Labute approximate surface area is 248 Å². The van der Waals surface area contributed by atoms with Crippen molar-refractivity contribution >= 4 is 17.8 Å². The standard InChI is InChI=1S/C32H27F6NO5/c33-31(34,35)24-14-20(15-25(17-24)32(36,37)38)13-23-9-8-22-16-26(10-11-27(22)29(23)40)43-18-19-4-6-21(7-5-19)30(41)39-44-28-3-1-2-12-42-28/h4-11,14-17,23,28H,1-3,12-13,18H2,(H,39,41). The van der Waals surface area contributed by atoms with E-state index in [1.54, 1.807) is 42.5 Å². The fraction of sp³-hybridized carbons (Fsp3) is 0.312. The Kier molecular flexibility index (Phi) is 9.12. The van der Waals surface area contributed by atoms with E-state index in [-0.39, 0.29) is 30.2 Å². The van der Waals surface area contributed by atoms with Crippen molar-refractivity contribution < 1.29 is 50.2 Å². The average Bonchev–Trinajstić information content (AvgIpc) is 3.00. The van der Waals surface area contributed by atoms with Gasteiger partial charge in [-0.1, -0.05) is 24.3 Å². The number of halogens is 6. The summed E-state index contributed by atoms with van der Waals surface area (Å²) < 4.78 is 90.7. The predicted molar refractivity (Wildman–Crippen MR) is 146 cm³/mol. The third kappa shape index (κ3) is 7.67. The van der Waals surface area contributed by atoms with Crippen LogP contribution in [0.2, 0.25) is 0 Å². The zero-order valence-corrected chi connectivity index (χ0v) is 23.1. The average molecular weight is 620 g/mol. The second-order valence-corrected chi connectivity index (χ2v) is 10.5. The van der Waals surface area contributed by atoms with Gasteiger partial charge in [0.15, 0.2) is 12.1 Å². The lowest BCUT2D eigenvalue weighted by molar-refractivity contribution is -0.186. The molecule has 1 fully saturated rings. The molecule has 6 nitrogen and oxygen atoms in total. The molecule has 2 aliphatic rings. The molecule has 12 heteroatoms. The quantitative estimate of drug-likeness (QED) is 0.208. The summed E-state index contributed by atoms with van der Waals surface area (Å²) in [5, 5.41) is 0. The van der Waals surface area contributed by atoms with E-state index in [0.717, 1.165) is 18.4 Å². The molecule has 2 atom stereocenters. The van der Waals surface area contributed by atoms with E-state index in [2.05, 4.69) is 5.48 Å². The number of carbonyl (C=O) groups excluding carboxylic acids is 2. The molecule has 1 aliphatic carbocycles. The highest BCUT2D eigenvalue weighted by Gasteiger charge is 2.37. The van der Waals surface area contributed by atoms with Gasteiger partial charge in [0, 0.05) is 30.1 Å². The van der Waals surface area contributed by atoms with Gasteiger partial charge in [-0.15, -0.1) is 0 Å². The van der Waals surface area contributed by atoms with Crippen molar-refractivity contribution in [2.45, 2.75) is 50.9 Å². The van der Waals surface area contributed by atoms with Gasteiger partial charge in [0.1, 0.15) is 12.4 Å². The number of fused-ring (bicyclic) bond motifs is 1. The molecule has 0 aromatic heterocycles. The van der Waals surface area contributed by atoms with Crippen molar-refractivity contribution in [3.05, 3.63) is 106 Å². The van der Waals surface area contributed by atoms with E-state index in [4.69, 9.17) is 14.3 Å². The molecule has 0 spiro atoms. The molecule has 0 radical (unpaired) electrons. The second kappa shape index (κ2) is 12.8. The third-order valence-corrected chi connectivity index (χ3v) is 7.28. The molecule has 44 heavy (non-hydrogen) atoms. The molecule has 3 aromatic carbocycles. The van der Waals surface area contributed by atoms with Crippen LogP contribution in [0, 0.1) is 5.92 Å². The van der Waals surface area contributed by atoms with Gasteiger partial charge in [-0.3, -0.25) is 9.59 Å². The summed E-state index contributed by atoms with van der Waals surface area (Å²) in [5.41, 5.74) is 1.25. The van der Waals surface area contributed by atoms with Crippen LogP contribution in [-0.2, 0) is 35.0 Å². The van der Waals surface area contributed by atoms with Crippen molar-refractivity contribution in [1.29, 1.82) is 0 Å². The summed E-state index contributed by atoms with van der Waals surface area (Å²) in [7, 11) is 0. The second-order valence-electron chi connectivity index (χ2n) is 10.5. The number of nitrogens with one attached hydrogen (secondary N) is 1. The summed E-state index contributed by atoms with van der Waals surface area (Å²) in [6, 6.07) is 12.7. The van der Waals surface area contributed by atoms with Crippen LogP contribution in [0.25, 0.3) is 6.08 Å². The lowest BCUT2D eigenvalue weighted by atomic mass is 9.84. The lowest BCUT2D eigenvalue weighted by Gasteiger charge is -2.22. The largest absolute Gasteiger partial charge is 0.489 e. The highest BCUT2D eigenvalue weighted by atomic mass is 19.4. The molecule has 5 rings (SSSR count). The minimum atomic E-state index is -4.97. The summed E-state index contributed by atoms with van der Waals surface area (Å²) in [4.78, 5) is 30.7. The van der Waals surface area contributed by atoms with Crippen LogP contribution < -0.4 is 10.2 Å². The molecular weight excluding hydrogens is 592 g/mol. The maximum absolute atomic E-state index is 13.2. The maximum atomic E-state index is 13.2. The van der Waals surface area contributed by atoms with Gasteiger partial charge in [-0.25, -0.2) is 10.3 Å². The summed E-state index contributed by atoms with van der Waals surface area (Å²) in [6.07, 6.45) is -5.04. The normalized spacial score (nSPS) is 18.5. The number of Topliss-reactive ketones (excluding diaryl/α,β-unsaturated/α-hetero) is 1. The number of hydroxylamine groups is 1. The highest BCUT2D eigenvalue weighted by molar-refractivity contribution is 6.04. The van der Waals surface area contributed by atoms with Crippen LogP contribution in [0.4, 0.5) is 26.3 Å². The van der Waals surface area contributed by atoms with Gasteiger partial charge in [0.25, 0.3) is 5.91 Å². The fourth-order valence-electron chi connectivity index (χ4n) is 4.95. The number of hydrogen-bond acceptors (Lipinski definition) is 5. The van der Waals surface area contributed by atoms with Crippen LogP contribution in [0.1, 0.15) is 67.8 Å². The number of ketones is 1. The zero-order valence-electron chi connectivity index (χ0n) is 23.1. The molecule has 0 saturated carbocycles. The molecular formula is C32H27F6NO5. The predicted octanol–water partition coefficient (Wildman–Crippen LogP) is 7.56. The van der Waals surface area contributed by atoms with Crippen molar-refractivity contribution in [2.24, 2.45) is 5.92 Å². The molecule has 3 aromatic rings. The SMILES string of the molecule is O=C(NOC1CCCCO1)c1ccc(COc2ccc3c(c2)C=CC(Cc2cc(C(F)(F)F)cc(C(F)(F)F)c2)C3=O)cc1. The van der Waals surface area contributed by atoms with Crippen molar-refractivity contribution in [3.8, 4) is 5.75 Å². The number of ether oxygens (including phenoxy) is 2. The first kappa shape index (κ1) is 31.3. The Balaban J connectivity index is 1.19. The van der Waals surface area contributed by atoms with E-state index in [0.29, 0.717) is 42.0 Å². The lowest BCUT2D eigenvalue weighted by Crippen LogP contribution is -2.33. The minimum absolute atomic E-state index is 0.0631. The molecule has 1 heterocycles. The Morgan fingerprint density at radius 3 is 2.23 bits per heavy atom. The van der Waals surface area contributed by atoms with Gasteiger partial charge in [-0.2, -0.15) is 26.3 Å². The van der Waals surface area contributed by atoms with E-state index in [1.165, 1.54) is 12.1 Å². The number of alkyl halides is 6. The van der Waals surface area contributed by atoms with E-state index < -0.39 is 47.4 Å². The van der Waals surface area contributed by atoms with Gasteiger partial charge >= 0.3 is 12.4 Å². The van der Waals surface area contributed by atoms with Gasteiger partial charge in [0.05, 0.1) is 11.1 Å². The number of amides is 1. The van der Waals surface area contributed by atoms with Crippen LogP contribution in [0.5, 0.6) is 5.75 Å². The smallest absolute Gasteiger partial charge is 0.416 e. The monoisotopic (exact) mass is 619 g/mol. The number of hydrogen-bond donors (Lipinski definition) is 1. The molecule has 1 N–H and O–H groups in total. The Hall–Kier alpha value is -4.16.